The van der Waals surface area contributed by atoms with Crippen molar-refractivity contribution in [3.05, 3.63) is 16.1 Å². The van der Waals surface area contributed by atoms with Crippen LogP contribution in [-0.2, 0) is 16.8 Å². The summed E-state index contributed by atoms with van der Waals surface area (Å²) >= 11 is 1.71. The van der Waals surface area contributed by atoms with E-state index in [1.165, 1.54) is 31.5 Å². The minimum Gasteiger partial charge on any atom is -0.374 e. The summed E-state index contributed by atoms with van der Waals surface area (Å²) < 4.78 is 5.77. The number of piperidine rings is 1. The molecule has 0 spiro atoms. The second kappa shape index (κ2) is 6.82. The lowest BCUT2D eigenvalue weighted by Gasteiger charge is -2.22. The highest BCUT2D eigenvalue weighted by atomic mass is 32.1. The van der Waals surface area contributed by atoms with Gasteiger partial charge in [-0.25, -0.2) is 4.98 Å². The van der Waals surface area contributed by atoms with Crippen LogP contribution in [0.3, 0.4) is 0 Å². The summed E-state index contributed by atoms with van der Waals surface area (Å²) in [7, 11) is 0. The zero-order chi connectivity index (χ0) is 13.7. The number of ether oxygens (including phenoxy) is 1. The molecule has 0 aliphatic carbocycles. The number of nitrogens with one attached hydrogen (secondary N) is 1. The van der Waals surface area contributed by atoms with Gasteiger partial charge in [0.25, 0.3) is 0 Å². The Morgan fingerprint density at radius 2 is 2.32 bits per heavy atom. The third kappa shape index (κ3) is 4.86. The fourth-order valence-corrected chi connectivity index (χ4v) is 3.26. The minimum absolute atomic E-state index is 0.141. The van der Waals surface area contributed by atoms with Gasteiger partial charge in [0, 0.05) is 17.4 Å². The molecule has 1 saturated heterocycles. The van der Waals surface area contributed by atoms with Crippen molar-refractivity contribution in [2.45, 2.75) is 52.1 Å². The number of thiazole rings is 1. The van der Waals surface area contributed by atoms with Crippen molar-refractivity contribution >= 4 is 11.3 Å². The summed E-state index contributed by atoms with van der Waals surface area (Å²) in [4.78, 5) is 4.65. The summed E-state index contributed by atoms with van der Waals surface area (Å²) in [6.45, 7) is 10.5. The Bertz CT molecular complexity index is 378. The van der Waals surface area contributed by atoms with Crippen LogP contribution in [-0.4, -0.2) is 24.7 Å². The van der Waals surface area contributed by atoms with Gasteiger partial charge in [-0.1, -0.05) is 20.8 Å². The minimum atomic E-state index is 0.141. The second-order valence-electron chi connectivity index (χ2n) is 6.43. The average molecular weight is 282 g/mol. The molecule has 2 rings (SSSR count). The SMILES string of the molecule is CC(C)(C)c1csc(COCCC2CCCNC2)n1. The van der Waals surface area contributed by atoms with Gasteiger partial charge in [0.2, 0.25) is 0 Å². The van der Waals surface area contributed by atoms with Gasteiger partial charge in [-0.15, -0.1) is 11.3 Å². The molecule has 1 atom stereocenters. The number of hydrogen-bond acceptors (Lipinski definition) is 4. The average Bonchev–Trinajstić information content (AvgIpc) is 2.85. The Balaban J connectivity index is 1.66. The zero-order valence-electron chi connectivity index (χ0n) is 12.4. The topological polar surface area (TPSA) is 34.1 Å². The van der Waals surface area contributed by atoms with Crippen LogP contribution in [0.1, 0.15) is 50.7 Å². The third-order valence-electron chi connectivity index (χ3n) is 3.62. The highest BCUT2D eigenvalue weighted by molar-refractivity contribution is 7.09. The lowest BCUT2D eigenvalue weighted by molar-refractivity contribution is 0.103. The van der Waals surface area contributed by atoms with Crippen molar-refractivity contribution in [1.82, 2.24) is 10.3 Å². The highest BCUT2D eigenvalue weighted by Gasteiger charge is 2.17. The van der Waals surface area contributed by atoms with Crippen molar-refractivity contribution in [2.75, 3.05) is 19.7 Å². The lowest BCUT2D eigenvalue weighted by Crippen LogP contribution is -2.30. The summed E-state index contributed by atoms with van der Waals surface area (Å²) in [6.07, 6.45) is 3.83. The molecular formula is C15H26N2OS. The highest BCUT2D eigenvalue weighted by Crippen LogP contribution is 2.24. The lowest BCUT2D eigenvalue weighted by atomic mass is 9.93. The summed E-state index contributed by atoms with van der Waals surface area (Å²) in [5.74, 6) is 0.801. The first-order valence-corrected chi connectivity index (χ1v) is 8.17. The molecule has 2 heterocycles. The first kappa shape index (κ1) is 14.9. The number of aromatic nitrogens is 1. The van der Waals surface area contributed by atoms with E-state index in [4.69, 9.17) is 4.74 Å². The maximum absolute atomic E-state index is 5.77. The van der Waals surface area contributed by atoms with Gasteiger partial charge in [-0.3, -0.25) is 0 Å². The molecule has 4 heteroatoms. The van der Waals surface area contributed by atoms with Crippen LogP contribution in [0.5, 0.6) is 0 Å². The van der Waals surface area contributed by atoms with Gasteiger partial charge < -0.3 is 10.1 Å². The molecule has 1 aliphatic rings. The van der Waals surface area contributed by atoms with E-state index in [1.807, 2.05) is 0 Å². The van der Waals surface area contributed by atoms with Gasteiger partial charge in [0.1, 0.15) is 5.01 Å². The molecule has 0 bridgehead atoms. The molecule has 1 fully saturated rings. The first-order chi connectivity index (χ1) is 9.05. The predicted octanol–water partition coefficient (Wildman–Crippen LogP) is 3.35. The molecule has 108 valence electrons. The molecule has 0 amide bonds. The normalized spacial score (nSPS) is 20.7. The quantitative estimate of drug-likeness (QED) is 0.841. The van der Waals surface area contributed by atoms with E-state index in [-0.39, 0.29) is 5.41 Å². The Morgan fingerprint density at radius 1 is 1.47 bits per heavy atom. The van der Waals surface area contributed by atoms with E-state index in [0.29, 0.717) is 6.61 Å². The first-order valence-electron chi connectivity index (χ1n) is 7.29. The molecule has 3 nitrogen and oxygen atoms in total. The molecule has 1 aliphatic heterocycles. The molecule has 0 radical (unpaired) electrons. The maximum Gasteiger partial charge on any atom is 0.119 e. The van der Waals surface area contributed by atoms with E-state index in [0.717, 1.165) is 24.1 Å². The van der Waals surface area contributed by atoms with Crippen LogP contribution >= 0.6 is 11.3 Å². The molecule has 1 unspecified atom stereocenters. The Hall–Kier alpha value is -0.450. The van der Waals surface area contributed by atoms with Crippen molar-refractivity contribution in [2.24, 2.45) is 5.92 Å². The molecule has 19 heavy (non-hydrogen) atoms. The van der Waals surface area contributed by atoms with E-state index in [1.54, 1.807) is 11.3 Å². The second-order valence-corrected chi connectivity index (χ2v) is 7.37. The van der Waals surface area contributed by atoms with Crippen molar-refractivity contribution in [3.8, 4) is 0 Å². The van der Waals surface area contributed by atoms with E-state index in [2.05, 4.69) is 36.5 Å². The fourth-order valence-electron chi connectivity index (χ4n) is 2.30. The van der Waals surface area contributed by atoms with Gasteiger partial charge in [-0.2, -0.15) is 0 Å². The molecule has 1 N–H and O–H groups in total. The summed E-state index contributed by atoms with van der Waals surface area (Å²) in [5, 5.41) is 6.71. The standard InChI is InChI=1S/C15H26N2OS/c1-15(2,3)13-11-19-14(17-13)10-18-8-6-12-5-4-7-16-9-12/h11-12,16H,4-10H2,1-3H3. The summed E-state index contributed by atoms with van der Waals surface area (Å²) in [6, 6.07) is 0. The van der Waals surface area contributed by atoms with Crippen molar-refractivity contribution in [3.63, 3.8) is 0 Å². The van der Waals surface area contributed by atoms with Crippen LogP contribution in [0.4, 0.5) is 0 Å². The molecule has 0 aromatic carbocycles. The molecular weight excluding hydrogens is 256 g/mol. The van der Waals surface area contributed by atoms with Crippen LogP contribution in [0, 0.1) is 5.92 Å². The van der Waals surface area contributed by atoms with E-state index < -0.39 is 0 Å². The van der Waals surface area contributed by atoms with Crippen LogP contribution < -0.4 is 5.32 Å². The van der Waals surface area contributed by atoms with Crippen LogP contribution in [0.15, 0.2) is 5.38 Å². The predicted molar refractivity (Wildman–Crippen MR) is 80.7 cm³/mol. The Kier molecular flexibility index (Phi) is 5.37. The third-order valence-corrected chi connectivity index (χ3v) is 4.44. The van der Waals surface area contributed by atoms with Crippen molar-refractivity contribution in [1.29, 1.82) is 0 Å². The van der Waals surface area contributed by atoms with Crippen LogP contribution in [0.2, 0.25) is 0 Å². The molecule has 1 aromatic rings. The largest absolute Gasteiger partial charge is 0.374 e. The summed E-state index contributed by atoms with van der Waals surface area (Å²) in [5.41, 5.74) is 1.32. The van der Waals surface area contributed by atoms with E-state index in [9.17, 15) is 0 Å². The smallest absolute Gasteiger partial charge is 0.119 e. The van der Waals surface area contributed by atoms with E-state index >= 15 is 0 Å². The Morgan fingerprint density at radius 3 is 2.95 bits per heavy atom. The molecule has 0 saturated carbocycles. The van der Waals surface area contributed by atoms with Crippen molar-refractivity contribution < 1.29 is 4.74 Å². The fraction of sp³-hybridized carbons (Fsp3) is 0.800. The number of rotatable bonds is 5. The Labute approximate surface area is 120 Å². The number of nitrogens with zero attached hydrogens (tertiary/aromatic N) is 1. The molecule has 1 aromatic heterocycles. The maximum atomic E-state index is 5.77. The zero-order valence-corrected chi connectivity index (χ0v) is 13.2. The number of hydrogen-bond donors (Lipinski definition) is 1. The monoisotopic (exact) mass is 282 g/mol. The van der Waals surface area contributed by atoms with Gasteiger partial charge >= 0.3 is 0 Å². The van der Waals surface area contributed by atoms with Gasteiger partial charge in [-0.05, 0) is 38.3 Å². The van der Waals surface area contributed by atoms with Crippen LogP contribution in [0.25, 0.3) is 0 Å². The van der Waals surface area contributed by atoms with Gasteiger partial charge in [0.15, 0.2) is 0 Å². The van der Waals surface area contributed by atoms with Gasteiger partial charge in [0.05, 0.1) is 12.3 Å².